The minimum atomic E-state index is -0.459. The fourth-order valence-electron chi connectivity index (χ4n) is 1.56. The number of aromatic nitrogens is 1. The van der Waals surface area contributed by atoms with Crippen molar-refractivity contribution in [3.63, 3.8) is 0 Å². The molecular weight excluding hydrogens is 250 g/mol. The highest BCUT2D eigenvalue weighted by Gasteiger charge is 2.13. The molecular formula is C13H16ClN3O. The number of carbonyl (C=O) groups is 1. The molecule has 0 aliphatic rings. The van der Waals surface area contributed by atoms with E-state index in [4.69, 9.17) is 16.9 Å². The average Bonchev–Trinajstić information content (AvgIpc) is 2.37. The lowest BCUT2D eigenvalue weighted by Gasteiger charge is -2.11. The summed E-state index contributed by atoms with van der Waals surface area (Å²) in [4.78, 5) is 16.1. The molecule has 1 aromatic rings. The van der Waals surface area contributed by atoms with Crippen LogP contribution >= 0.6 is 11.6 Å². The van der Waals surface area contributed by atoms with Crippen LogP contribution in [0, 0.1) is 11.3 Å². The highest BCUT2D eigenvalue weighted by Crippen LogP contribution is 2.12. The molecule has 96 valence electrons. The van der Waals surface area contributed by atoms with Gasteiger partial charge in [0.15, 0.2) is 0 Å². The topological polar surface area (TPSA) is 65.8 Å². The Morgan fingerprint density at radius 3 is 2.83 bits per heavy atom. The van der Waals surface area contributed by atoms with Gasteiger partial charge in [0.2, 0.25) is 0 Å². The number of carbonyl (C=O) groups excluding carboxylic acids is 1. The molecule has 1 heterocycles. The van der Waals surface area contributed by atoms with Gasteiger partial charge in [0.05, 0.1) is 6.07 Å². The number of nitriles is 1. The van der Waals surface area contributed by atoms with Crippen molar-refractivity contribution in [1.82, 2.24) is 10.3 Å². The molecule has 1 rings (SSSR count). The van der Waals surface area contributed by atoms with Gasteiger partial charge in [-0.15, -0.1) is 0 Å². The maximum atomic E-state index is 12.0. The van der Waals surface area contributed by atoms with Gasteiger partial charge < -0.3 is 5.32 Å². The fraction of sp³-hybridized carbons (Fsp3) is 0.462. The first-order valence-corrected chi connectivity index (χ1v) is 6.35. The van der Waals surface area contributed by atoms with Crippen LogP contribution in [-0.2, 0) is 6.42 Å². The molecule has 0 spiro atoms. The second-order valence-electron chi connectivity index (χ2n) is 3.97. The van der Waals surface area contributed by atoms with E-state index in [1.54, 1.807) is 6.07 Å². The Labute approximate surface area is 112 Å². The molecule has 0 fully saturated rings. The Hall–Kier alpha value is -1.60. The molecule has 0 bridgehead atoms. The number of rotatable bonds is 5. The van der Waals surface area contributed by atoms with Gasteiger partial charge >= 0.3 is 0 Å². The number of nitrogens with zero attached hydrogens (tertiary/aromatic N) is 2. The number of hydrogen-bond donors (Lipinski definition) is 1. The Balaban J connectivity index is 2.84. The highest BCUT2D eigenvalue weighted by molar-refractivity contribution is 6.29. The van der Waals surface area contributed by atoms with Gasteiger partial charge in [0, 0.05) is 11.3 Å². The Morgan fingerprint density at radius 1 is 1.56 bits per heavy atom. The van der Waals surface area contributed by atoms with E-state index >= 15 is 0 Å². The third-order valence-electron chi connectivity index (χ3n) is 2.51. The van der Waals surface area contributed by atoms with E-state index in [1.807, 2.05) is 13.8 Å². The molecule has 1 atom stereocenters. The van der Waals surface area contributed by atoms with Crippen LogP contribution < -0.4 is 5.32 Å². The minimum Gasteiger partial charge on any atom is -0.336 e. The molecule has 1 N–H and O–H groups in total. The summed E-state index contributed by atoms with van der Waals surface area (Å²) in [5.41, 5.74) is 1.21. The molecule has 0 aliphatic carbocycles. The van der Waals surface area contributed by atoms with Crippen LogP contribution in [0.5, 0.6) is 0 Å². The van der Waals surface area contributed by atoms with Crippen LogP contribution in [-0.4, -0.2) is 16.9 Å². The zero-order chi connectivity index (χ0) is 13.5. The van der Waals surface area contributed by atoms with Crippen molar-refractivity contribution in [2.45, 2.75) is 39.2 Å². The minimum absolute atomic E-state index is 0.283. The number of nitrogens with one attached hydrogen (secondary N) is 1. The van der Waals surface area contributed by atoms with Crippen LogP contribution in [0.1, 0.15) is 42.7 Å². The first kappa shape index (κ1) is 14.5. The Kier molecular flexibility index (Phi) is 5.60. The van der Waals surface area contributed by atoms with E-state index in [2.05, 4.69) is 16.4 Å². The molecule has 1 unspecified atom stereocenters. The normalized spacial score (nSPS) is 11.7. The monoisotopic (exact) mass is 265 g/mol. The largest absolute Gasteiger partial charge is 0.336 e. The summed E-state index contributed by atoms with van der Waals surface area (Å²) in [6, 6.07) is 4.81. The van der Waals surface area contributed by atoms with Crippen LogP contribution in [0.15, 0.2) is 12.1 Å². The Bertz CT molecular complexity index is 468. The van der Waals surface area contributed by atoms with Gasteiger partial charge in [0.25, 0.3) is 5.91 Å². The lowest BCUT2D eigenvalue weighted by molar-refractivity contribution is 0.0943. The van der Waals surface area contributed by atoms with Crippen LogP contribution in [0.2, 0.25) is 5.15 Å². The van der Waals surface area contributed by atoms with E-state index in [0.717, 1.165) is 12.1 Å². The van der Waals surface area contributed by atoms with Crippen molar-refractivity contribution in [3.05, 3.63) is 28.5 Å². The average molecular weight is 266 g/mol. The second-order valence-corrected chi connectivity index (χ2v) is 4.35. The summed E-state index contributed by atoms with van der Waals surface area (Å²) in [6.45, 7) is 3.91. The SMILES string of the molecule is CCCC(C#N)NC(=O)c1cc(Cl)nc(CC)c1. The lowest BCUT2D eigenvalue weighted by atomic mass is 10.1. The summed E-state index contributed by atoms with van der Waals surface area (Å²) in [5.74, 6) is -0.283. The molecule has 5 heteroatoms. The van der Waals surface area contributed by atoms with Gasteiger partial charge in [-0.25, -0.2) is 4.98 Å². The number of pyridine rings is 1. The third kappa shape index (κ3) is 4.01. The summed E-state index contributed by atoms with van der Waals surface area (Å²) >= 11 is 5.85. The van der Waals surface area contributed by atoms with Crippen molar-refractivity contribution >= 4 is 17.5 Å². The van der Waals surface area contributed by atoms with E-state index in [9.17, 15) is 4.79 Å². The standard InChI is InChI=1S/C13H16ClN3O/c1-3-5-11(8-15)17-13(18)9-6-10(4-2)16-12(14)7-9/h6-7,11H,3-5H2,1-2H3,(H,17,18). The molecule has 0 aliphatic heterocycles. The first-order valence-electron chi connectivity index (χ1n) is 5.97. The molecule has 1 amide bonds. The summed E-state index contributed by atoms with van der Waals surface area (Å²) < 4.78 is 0. The van der Waals surface area contributed by atoms with Crippen molar-refractivity contribution in [1.29, 1.82) is 5.26 Å². The number of amides is 1. The van der Waals surface area contributed by atoms with Crippen LogP contribution in [0.25, 0.3) is 0 Å². The van der Waals surface area contributed by atoms with Crippen LogP contribution in [0.4, 0.5) is 0 Å². The maximum Gasteiger partial charge on any atom is 0.252 e. The number of hydrogen-bond acceptors (Lipinski definition) is 3. The fourth-order valence-corrected chi connectivity index (χ4v) is 1.79. The zero-order valence-electron chi connectivity index (χ0n) is 10.5. The number of halogens is 1. The van der Waals surface area contributed by atoms with Crippen molar-refractivity contribution in [2.75, 3.05) is 0 Å². The predicted molar refractivity (Wildman–Crippen MR) is 70.4 cm³/mol. The summed E-state index contributed by atoms with van der Waals surface area (Å²) in [6.07, 6.45) is 2.19. The molecule has 18 heavy (non-hydrogen) atoms. The molecule has 1 aromatic heterocycles. The van der Waals surface area contributed by atoms with Gasteiger partial charge in [-0.05, 0) is 25.0 Å². The first-order chi connectivity index (χ1) is 8.60. The van der Waals surface area contributed by atoms with E-state index in [1.165, 1.54) is 6.07 Å². The van der Waals surface area contributed by atoms with E-state index < -0.39 is 6.04 Å². The Morgan fingerprint density at radius 2 is 2.28 bits per heavy atom. The van der Waals surface area contributed by atoms with Gasteiger partial charge in [0.1, 0.15) is 11.2 Å². The van der Waals surface area contributed by atoms with Gasteiger partial charge in [-0.2, -0.15) is 5.26 Å². The van der Waals surface area contributed by atoms with Crippen molar-refractivity contribution < 1.29 is 4.79 Å². The molecule has 0 saturated heterocycles. The lowest BCUT2D eigenvalue weighted by Crippen LogP contribution is -2.33. The van der Waals surface area contributed by atoms with Gasteiger partial charge in [-0.3, -0.25) is 4.79 Å². The maximum absolute atomic E-state index is 12.0. The van der Waals surface area contributed by atoms with Gasteiger partial charge in [-0.1, -0.05) is 31.9 Å². The molecule has 0 radical (unpaired) electrons. The highest BCUT2D eigenvalue weighted by atomic mass is 35.5. The molecule has 0 saturated carbocycles. The quantitative estimate of drug-likeness (QED) is 0.833. The summed E-state index contributed by atoms with van der Waals surface area (Å²) in [7, 11) is 0. The molecule has 4 nitrogen and oxygen atoms in total. The zero-order valence-corrected chi connectivity index (χ0v) is 11.3. The van der Waals surface area contributed by atoms with E-state index in [-0.39, 0.29) is 5.91 Å². The third-order valence-corrected chi connectivity index (χ3v) is 2.70. The van der Waals surface area contributed by atoms with Crippen LogP contribution in [0.3, 0.4) is 0 Å². The number of aryl methyl sites for hydroxylation is 1. The predicted octanol–water partition coefficient (Wildman–Crippen LogP) is 2.72. The van der Waals surface area contributed by atoms with Crippen molar-refractivity contribution in [3.8, 4) is 6.07 Å². The smallest absolute Gasteiger partial charge is 0.252 e. The van der Waals surface area contributed by atoms with Crippen molar-refractivity contribution in [2.24, 2.45) is 0 Å². The molecule has 0 aromatic carbocycles. The summed E-state index contributed by atoms with van der Waals surface area (Å²) in [5, 5.41) is 11.9. The van der Waals surface area contributed by atoms with E-state index in [0.29, 0.717) is 23.6 Å². The second kappa shape index (κ2) is 6.97.